The molecule has 8 heteroatoms. The van der Waals surface area contributed by atoms with E-state index in [1.807, 2.05) is 13.0 Å². The number of fused-ring (bicyclic) bond motifs is 1. The van der Waals surface area contributed by atoms with Crippen LogP contribution in [-0.2, 0) is 6.42 Å². The molecule has 1 aliphatic rings. The number of thiazole rings is 1. The van der Waals surface area contributed by atoms with Crippen molar-refractivity contribution in [3.05, 3.63) is 33.1 Å². The fraction of sp³-hybridized carbons (Fsp3) is 0.500. The first-order chi connectivity index (χ1) is 11.7. The van der Waals surface area contributed by atoms with Crippen LogP contribution in [0.15, 0.2) is 17.5 Å². The number of nitrogens with zero attached hydrogens (tertiary/aromatic N) is 4. The summed E-state index contributed by atoms with van der Waals surface area (Å²) in [7, 11) is 0. The minimum Gasteiger partial charge on any atom is -0.492 e. The first kappa shape index (κ1) is 16.0. The molecule has 1 atom stereocenters. The van der Waals surface area contributed by atoms with E-state index in [0.717, 1.165) is 48.0 Å². The highest BCUT2D eigenvalue weighted by Crippen LogP contribution is 2.42. The number of piperidine rings is 1. The smallest absolute Gasteiger partial charge is 0.230 e. The van der Waals surface area contributed by atoms with Gasteiger partial charge in [0.2, 0.25) is 10.8 Å². The summed E-state index contributed by atoms with van der Waals surface area (Å²) in [6, 6.07) is 4.14. The molecular weight excluding hydrogens is 344 g/mol. The molecule has 2 N–H and O–H groups in total. The van der Waals surface area contributed by atoms with Gasteiger partial charge in [-0.2, -0.15) is 4.52 Å². The van der Waals surface area contributed by atoms with E-state index in [-0.39, 0.29) is 18.0 Å². The van der Waals surface area contributed by atoms with Gasteiger partial charge in [0.25, 0.3) is 0 Å². The Morgan fingerprint density at radius 2 is 2.17 bits per heavy atom. The lowest BCUT2D eigenvalue weighted by atomic mass is 10.0. The van der Waals surface area contributed by atoms with E-state index >= 15 is 0 Å². The number of aliphatic hydroxyl groups excluding tert-OH is 1. The predicted octanol–water partition coefficient (Wildman–Crippen LogP) is 2.67. The second-order valence-corrected chi connectivity index (χ2v) is 8.04. The number of hydrogen-bond acceptors (Lipinski definition) is 7. The van der Waals surface area contributed by atoms with Crippen molar-refractivity contribution in [3.63, 3.8) is 0 Å². The summed E-state index contributed by atoms with van der Waals surface area (Å²) in [5.41, 5.74) is 0. The van der Waals surface area contributed by atoms with Crippen LogP contribution in [0.4, 0.5) is 0 Å². The number of aromatic hydroxyl groups is 1. The first-order valence-corrected chi connectivity index (χ1v) is 9.89. The van der Waals surface area contributed by atoms with E-state index in [9.17, 15) is 10.2 Å². The summed E-state index contributed by atoms with van der Waals surface area (Å²) in [6.07, 6.45) is 2.07. The molecule has 1 saturated heterocycles. The van der Waals surface area contributed by atoms with Gasteiger partial charge in [0.15, 0.2) is 5.82 Å². The third-order valence-electron chi connectivity index (χ3n) is 4.49. The lowest BCUT2D eigenvalue weighted by molar-refractivity contribution is 0.0696. The molecule has 4 rings (SSSR count). The van der Waals surface area contributed by atoms with Gasteiger partial charge in [-0.1, -0.05) is 24.3 Å². The van der Waals surface area contributed by atoms with Crippen molar-refractivity contribution in [1.82, 2.24) is 19.5 Å². The Hall–Kier alpha value is -1.48. The third kappa shape index (κ3) is 2.73. The average molecular weight is 364 g/mol. The van der Waals surface area contributed by atoms with Crippen molar-refractivity contribution in [2.75, 3.05) is 13.1 Å². The average Bonchev–Trinajstić information content (AvgIpc) is 3.29. The topological polar surface area (TPSA) is 73.9 Å². The lowest BCUT2D eigenvalue weighted by Gasteiger charge is -2.35. The normalized spacial score (nSPS) is 18.4. The van der Waals surface area contributed by atoms with Crippen molar-refractivity contribution in [3.8, 4) is 5.88 Å². The molecular formula is C16H20N4O2S2. The third-order valence-corrected chi connectivity index (χ3v) is 6.48. The van der Waals surface area contributed by atoms with Gasteiger partial charge in [0, 0.05) is 24.4 Å². The van der Waals surface area contributed by atoms with Crippen molar-refractivity contribution < 1.29 is 10.2 Å². The van der Waals surface area contributed by atoms with E-state index in [4.69, 9.17) is 0 Å². The summed E-state index contributed by atoms with van der Waals surface area (Å²) < 4.78 is 1.55. The van der Waals surface area contributed by atoms with E-state index in [1.54, 1.807) is 15.9 Å². The Labute approximate surface area is 148 Å². The molecule has 0 amide bonds. The molecule has 24 heavy (non-hydrogen) atoms. The zero-order chi connectivity index (χ0) is 16.7. The highest BCUT2D eigenvalue weighted by atomic mass is 32.1. The summed E-state index contributed by atoms with van der Waals surface area (Å²) in [4.78, 5) is 9.64. The molecule has 0 unspecified atom stereocenters. The van der Waals surface area contributed by atoms with Gasteiger partial charge < -0.3 is 10.2 Å². The van der Waals surface area contributed by atoms with Crippen LogP contribution in [-0.4, -0.2) is 48.9 Å². The zero-order valence-electron chi connectivity index (χ0n) is 13.4. The van der Waals surface area contributed by atoms with Crippen molar-refractivity contribution in [1.29, 1.82) is 0 Å². The number of hydrogen-bond donors (Lipinski definition) is 2. The fourth-order valence-corrected chi connectivity index (χ4v) is 5.25. The van der Waals surface area contributed by atoms with Crippen LogP contribution in [0, 0.1) is 0 Å². The maximum atomic E-state index is 10.7. The van der Waals surface area contributed by atoms with Gasteiger partial charge in [-0.25, -0.2) is 4.98 Å². The van der Waals surface area contributed by atoms with Crippen LogP contribution in [0.2, 0.25) is 0 Å². The maximum absolute atomic E-state index is 10.7. The largest absolute Gasteiger partial charge is 0.492 e. The maximum Gasteiger partial charge on any atom is 0.230 e. The zero-order valence-corrected chi connectivity index (χ0v) is 15.1. The Morgan fingerprint density at radius 1 is 1.38 bits per heavy atom. The molecule has 0 bridgehead atoms. The van der Waals surface area contributed by atoms with E-state index in [0.29, 0.717) is 0 Å². The molecule has 0 spiro atoms. The Kier molecular flexibility index (Phi) is 4.29. The molecule has 1 aliphatic heterocycles. The molecule has 6 nitrogen and oxygen atoms in total. The molecule has 0 radical (unpaired) electrons. The highest BCUT2D eigenvalue weighted by Gasteiger charge is 2.32. The number of aliphatic hydroxyl groups is 1. The SMILES string of the molecule is CCc1nc2sc([C@@H](c3cccs3)N3CCC(O)CC3)c(O)n2n1. The quantitative estimate of drug-likeness (QED) is 0.744. The van der Waals surface area contributed by atoms with Gasteiger partial charge in [-0.15, -0.1) is 16.4 Å². The van der Waals surface area contributed by atoms with Crippen molar-refractivity contribution in [2.45, 2.75) is 38.3 Å². The molecule has 128 valence electrons. The highest BCUT2D eigenvalue weighted by molar-refractivity contribution is 7.17. The minimum absolute atomic E-state index is 0.00363. The number of likely N-dealkylation sites (tertiary alicyclic amines) is 1. The molecule has 3 aromatic rings. The lowest BCUT2D eigenvalue weighted by Crippen LogP contribution is -2.38. The monoisotopic (exact) mass is 364 g/mol. The van der Waals surface area contributed by atoms with Gasteiger partial charge in [-0.3, -0.25) is 4.90 Å². The first-order valence-electron chi connectivity index (χ1n) is 8.20. The molecule has 3 aromatic heterocycles. The number of aryl methyl sites for hydroxylation is 1. The standard InChI is InChI=1S/C16H20N4O2S2/c1-2-12-17-16-20(18-12)15(22)14(24-16)13(11-4-3-9-23-11)19-7-5-10(21)6-8-19/h3-4,9-10,13,21-22H,2,5-8H2,1H3/t13-/m1/s1. The molecule has 0 saturated carbocycles. The van der Waals surface area contributed by atoms with Crippen molar-refractivity contribution >= 4 is 27.6 Å². The number of thiophene rings is 1. The minimum atomic E-state index is -0.215. The fourth-order valence-electron chi connectivity index (χ4n) is 3.18. The Morgan fingerprint density at radius 3 is 2.79 bits per heavy atom. The van der Waals surface area contributed by atoms with Gasteiger partial charge >= 0.3 is 0 Å². The molecule has 1 fully saturated rings. The van der Waals surface area contributed by atoms with Crippen LogP contribution in [0.25, 0.3) is 4.96 Å². The van der Waals surface area contributed by atoms with Crippen LogP contribution in [0.1, 0.15) is 41.4 Å². The summed E-state index contributed by atoms with van der Waals surface area (Å²) in [6.45, 7) is 3.64. The van der Waals surface area contributed by atoms with Gasteiger partial charge in [0.05, 0.1) is 17.0 Å². The van der Waals surface area contributed by atoms with Gasteiger partial charge in [0.1, 0.15) is 0 Å². The van der Waals surface area contributed by atoms with Crippen LogP contribution < -0.4 is 0 Å². The molecule has 0 aromatic carbocycles. The summed E-state index contributed by atoms with van der Waals surface area (Å²) >= 11 is 3.19. The van der Waals surface area contributed by atoms with E-state index in [2.05, 4.69) is 26.4 Å². The Balaban J connectivity index is 1.76. The number of rotatable bonds is 4. The summed E-state index contributed by atoms with van der Waals surface area (Å²) in [5.74, 6) is 0.934. The molecule has 4 heterocycles. The number of aromatic nitrogens is 3. The second kappa shape index (κ2) is 6.44. The van der Waals surface area contributed by atoms with Crippen molar-refractivity contribution in [2.24, 2.45) is 0 Å². The Bertz CT molecular complexity index is 819. The summed E-state index contributed by atoms with van der Waals surface area (Å²) in [5, 5.41) is 27.0. The van der Waals surface area contributed by atoms with E-state index < -0.39 is 0 Å². The van der Waals surface area contributed by atoms with E-state index in [1.165, 1.54) is 16.2 Å². The van der Waals surface area contributed by atoms with Crippen LogP contribution in [0.5, 0.6) is 5.88 Å². The predicted molar refractivity (Wildman–Crippen MR) is 94.9 cm³/mol. The second-order valence-electron chi connectivity index (χ2n) is 6.05. The van der Waals surface area contributed by atoms with Crippen LogP contribution >= 0.6 is 22.7 Å². The van der Waals surface area contributed by atoms with Crippen LogP contribution in [0.3, 0.4) is 0 Å². The van der Waals surface area contributed by atoms with Gasteiger partial charge in [-0.05, 0) is 24.3 Å². The molecule has 0 aliphatic carbocycles.